The van der Waals surface area contributed by atoms with Crippen molar-refractivity contribution in [3.63, 3.8) is 0 Å². The summed E-state index contributed by atoms with van der Waals surface area (Å²) in [5.41, 5.74) is 2.48. The minimum absolute atomic E-state index is 0.348. The first-order chi connectivity index (χ1) is 8.20. The molecule has 17 heavy (non-hydrogen) atoms. The summed E-state index contributed by atoms with van der Waals surface area (Å²) in [6, 6.07) is 10.9. The fourth-order valence-corrected chi connectivity index (χ4v) is 2.85. The van der Waals surface area contributed by atoms with Crippen LogP contribution in [0.5, 0.6) is 0 Å². The first kappa shape index (κ1) is 12.3. The maximum atomic E-state index is 4.60. The van der Waals surface area contributed by atoms with Crippen LogP contribution in [0.1, 0.15) is 27.2 Å². The number of aryl methyl sites for hydroxylation is 2. The van der Waals surface area contributed by atoms with Crippen LogP contribution in [0, 0.1) is 13.8 Å². The summed E-state index contributed by atoms with van der Waals surface area (Å²) in [6.07, 6.45) is 0.958. The van der Waals surface area contributed by atoms with Gasteiger partial charge >= 0.3 is 0 Å². The van der Waals surface area contributed by atoms with Crippen LogP contribution in [0.25, 0.3) is 0 Å². The maximum absolute atomic E-state index is 4.60. The number of benzene rings is 1. The molecule has 2 aromatic rings. The molecule has 1 aromatic heterocycles. The highest BCUT2D eigenvalue weighted by atomic mass is 32.1. The number of likely N-dealkylation sites (N-methyl/N-ethyl adjacent to an activating group) is 1. The molecule has 1 N–H and O–H groups in total. The Hall–Kier alpha value is -1.19. The van der Waals surface area contributed by atoms with Gasteiger partial charge in [0.1, 0.15) is 0 Å². The highest BCUT2D eigenvalue weighted by Gasteiger charge is 2.12. The number of thiazole rings is 1. The smallest absolute Gasteiger partial charge is 0.0949 e. The third-order valence-corrected chi connectivity index (χ3v) is 4.10. The fraction of sp³-hybridized carbons (Fsp3) is 0.357. The van der Waals surface area contributed by atoms with Crippen molar-refractivity contribution in [2.45, 2.75) is 26.3 Å². The topological polar surface area (TPSA) is 24.9 Å². The predicted molar refractivity (Wildman–Crippen MR) is 73.5 cm³/mol. The van der Waals surface area contributed by atoms with Gasteiger partial charge in [-0.25, -0.2) is 4.98 Å². The third-order valence-electron chi connectivity index (χ3n) is 3.00. The second-order valence-electron chi connectivity index (χ2n) is 4.21. The second-order valence-corrected chi connectivity index (χ2v) is 5.49. The Balaban J connectivity index is 2.15. The van der Waals surface area contributed by atoms with Crippen LogP contribution in [-0.4, -0.2) is 12.0 Å². The highest BCUT2D eigenvalue weighted by Crippen LogP contribution is 2.23. The summed E-state index contributed by atoms with van der Waals surface area (Å²) in [5, 5.41) is 4.57. The molecule has 2 rings (SSSR count). The highest BCUT2D eigenvalue weighted by molar-refractivity contribution is 7.11. The van der Waals surface area contributed by atoms with Gasteiger partial charge in [-0.15, -0.1) is 11.3 Å². The number of nitrogens with one attached hydrogen (secondary N) is 1. The molecule has 1 atom stereocenters. The molecule has 0 amide bonds. The van der Waals surface area contributed by atoms with Gasteiger partial charge in [-0.1, -0.05) is 30.3 Å². The van der Waals surface area contributed by atoms with E-state index in [0.29, 0.717) is 6.04 Å². The SMILES string of the molecule is CNC(Cc1nc(C)c(C)s1)c1ccccc1. The van der Waals surface area contributed by atoms with Crippen LogP contribution in [-0.2, 0) is 6.42 Å². The zero-order valence-corrected chi connectivity index (χ0v) is 11.3. The summed E-state index contributed by atoms with van der Waals surface area (Å²) in [6.45, 7) is 4.21. The van der Waals surface area contributed by atoms with Crippen LogP contribution in [0.2, 0.25) is 0 Å². The molecule has 1 aromatic carbocycles. The van der Waals surface area contributed by atoms with Gasteiger partial charge in [0, 0.05) is 17.3 Å². The van der Waals surface area contributed by atoms with E-state index in [1.807, 2.05) is 13.1 Å². The average molecular weight is 246 g/mol. The lowest BCUT2D eigenvalue weighted by atomic mass is 10.0. The zero-order chi connectivity index (χ0) is 12.3. The molecule has 90 valence electrons. The van der Waals surface area contributed by atoms with Gasteiger partial charge < -0.3 is 5.32 Å². The summed E-state index contributed by atoms with van der Waals surface area (Å²) in [4.78, 5) is 5.92. The molecule has 0 fully saturated rings. The van der Waals surface area contributed by atoms with E-state index in [0.717, 1.165) is 12.1 Å². The lowest BCUT2D eigenvalue weighted by molar-refractivity contribution is 0.590. The molecule has 0 saturated carbocycles. The summed E-state index contributed by atoms with van der Waals surface area (Å²) in [5.74, 6) is 0. The van der Waals surface area contributed by atoms with Crippen molar-refractivity contribution in [1.29, 1.82) is 0 Å². The first-order valence-corrected chi connectivity index (χ1v) is 6.67. The van der Waals surface area contributed by atoms with Gasteiger partial charge in [0.2, 0.25) is 0 Å². The number of hydrogen-bond acceptors (Lipinski definition) is 3. The van der Waals surface area contributed by atoms with Gasteiger partial charge in [-0.05, 0) is 26.5 Å². The Morgan fingerprint density at radius 2 is 1.94 bits per heavy atom. The van der Waals surface area contributed by atoms with E-state index in [4.69, 9.17) is 0 Å². The molecule has 0 aliphatic rings. The van der Waals surface area contributed by atoms with Gasteiger partial charge in [-0.3, -0.25) is 0 Å². The minimum Gasteiger partial charge on any atom is -0.313 e. The van der Waals surface area contributed by atoms with Crippen molar-refractivity contribution in [2.24, 2.45) is 0 Å². The molecule has 0 spiro atoms. The van der Waals surface area contributed by atoms with Crippen molar-refractivity contribution in [2.75, 3.05) is 7.05 Å². The molecule has 0 aliphatic heterocycles. The third kappa shape index (κ3) is 2.93. The van der Waals surface area contributed by atoms with E-state index in [1.54, 1.807) is 11.3 Å². The molecule has 1 unspecified atom stereocenters. The van der Waals surface area contributed by atoms with Crippen molar-refractivity contribution in [3.8, 4) is 0 Å². The molecular formula is C14H18N2S. The van der Waals surface area contributed by atoms with Gasteiger partial charge in [0.15, 0.2) is 0 Å². The Kier molecular flexibility index (Phi) is 3.92. The number of hydrogen-bond donors (Lipinski definition) is 1. The monoisotopic (exact) mass is 246 g/mol. The lowest BCUT2D eigenvalue weighted by Gasteiger charge is -2.14. The number of rotatable bonds is 4. The normalized spacial score (nSPS) is 12.6. The van der Waals surface area contributed by atoms with E-state index in [-0.39, 0.29) is 0 Å². The zero-order valence-electron chi connectivity index (χ0n) is 10.5. The molecule has 2 nitrogen and oxygen atoms in total. The Bertz CT molecular complexity index is 457. The second kappa shape index (κ2) is 5.43. The quantitative estimate of drug-likeness (QED) is 0.895. The largest absolute Gasteiger partial charge is 0.313 e. The van der Waals surface area contributed by atoms with Crippen molar-refractivity contribution < 1.29 is 0 Å². The Morgan fingerprint density at radius 1 is 1.24 bits per heavy atom. The molecule has 0 radical (unpaired) electrons. The number of nitrogens with zero attached hydrogens (tertiary/aromatic N) is 1. The first-order valence-electron chi connectivity index (χ1n) is 5.86. The fourth-order valence-electron chi connectivity index (χ4n) is 1.87. The van der Waals surface area contributed by atoms with Crippen LogP contribution in [0.3, 0.4) is 0 Å². The molecule has 0 bridgehead atoms. The van der Waals surface area contributed by atoms with Crippen molar-refractivity contribution >= 4 is 11.3 Å². The van der Waals surface area contributed by atoms with Crippen molar-refractivity contribution in [1.82, 2.24) is 10.3 Å². The van der Waals surface area contributed by atoms with E-state index in [1.165, 1.54) is 15.4 Å². The number of aromatic nitrogens is 1. The van der Waals surface area contributed by atoms with Gasteiger partial charge in [0.05, 0.1) is 10.7 Å². The maximum Gasteiger partial charge on any atom is 0.0949 e. The molecule has 0 saturated heterocycles. The molecule has 1 heterocycles. The Labute approximate surface area is 107 Å². The van der Waals surface area contributed by atoms with Crippen LogP contribution < -0.4 is 5.32 Å². The van der Waals surface area contributed by atoms with E-state index >= 15 is 0 Å². The van der Waals surface area contributed by atoms with Crippen LogP contribution in [0.4, 0.5) is 0 Å². The van der Waals surface area contributed by atoms with E-state index in [9.17, 15) is 0 Å². The van der Waals surface area contributed by atoms with Crippen LogP contribution >= 0.6 is 11.3 Å². The summed E-state index contributed by atoms with van der Waals surface area (Å²) < 4.78 is 0. The van der Waals surface area contributed by atoms with Gasteiger partial charge in [0.25, 0.3) is 0 Å². The molecular weight excluding hydrogens is 228 g/mol. The van der Waals surface area contributed by atoms with E-state index in [2.05, 4.69) is 48.4 Å². The van der Waals surface area contributed by atoms with Crippen molar-refractivity contribution in [3.05, 3.63) is 51.5 Å². The van der Waals surface area contributed by atoms with Gasteiger partial charge in [-0.2, -0.15) is 0 Å². The average Bonchev–Trinajstić information content (AvgIpc) is 2.67. The van der Waals surface area contributed by atoms with E-state index < -0.39 is 0 Å². The molecule has 0 aliphatic carbocycles. The standard InChI is InChI=1S/C14H18N2S/c1-10-11(2)17-14(16-10)9-13(15-3)12-7-5-4-6-8-12/h4-8,13,15H,9H2,1-3H3. The molecule has 3 heteroatoms. The summed E-state index contributed by atoms with van der Waals surface area (Å²) in [7, 11) is 2.00. The van der Waals surface area contributed by atoms with Crippen LogP contribution in [0.15, 0.2) is 30.3 Å². The summed E-state index contributed by atoms with van der Waals surface area (Å²) >= 11 is 1.80. The minimum atomic E-state index is 0.348. The Morgan fingerprint density at radius 3 is 2.47 bits per heavy atom. The lowest BCUT2D eigenvalue weighted by Crippen LogP contribution is -2.18. The predicted octanol–water partition coefficient (Wildman–Crippen LogP) is 3.26.